The van der Waals surface area contributed by atoms with Gasteiger partial charge in [0.25, 0.3) is 5.91 Å². The number of carboxylic acid groups (broad SMARTS) is 1. The molecular formula is C20H16N4O3. The second-order valence-corrected chi connectivity index (χ2v) is 5.61. The lowest BCUT2D eigenvalue weighted by atomic mass is 10.1. The van der Waals surface area contributed by atoms with Crippen LogP contribution in [0.1, 0.15) is 18.5 Å². The van der Waals surface area contributed by atoms with Crippen LogP contribution in [0.3, 0.4) is 0 Å². The average Bonchev–Trinajstić information content (AvgIpc) is 2.67. The van der Waals surface area contributed by atoms with E-state index in [1.54, 1.807) is 49.4 Å². The van der Waals surface area contributed by atoms with Crippen LogP contribution in [0.5, 0.6) is 0 Å². The zero-order valence-corrected chi connectivity index (χ0v) is 14.4. The molecule has 0 aliphatic heterocycles. The number of hydrogen-bond donors (Lipinski definition) is 3. The first-order valence-electron chi connectivity index (χ1n) is 8.11. The molecule has 0 saturated heterocycles. The number of fused-ring (bicyclic) bond motifs is 1. The van der Waals surface area contributed by atoms with E-state index in [2.05, 4.69) is 32.4 Å². The number of benzene rings is 2. The molecule has 0 spiro atoms. The molecule has 1 amide bonds. The van der Waals surface area contributed by atoms with Gasteiger partial charge in [0.05, 0.1) is 5.52 Å². The first-order valence-corrected chi connectivity index (χ1v) is 8.11. The van der Waals surface area contributed by atoms with E-state index in [1.807, 2.05) is 6.07 Å². The van der Waals surface area contributed by atoms with Gasteiger partial charge in [-0.3, -0.25) is 4.79 Å². The predicted octanol–water partition coefficient (Wildman–Crippen LogP) is 2.83. The van der Waals surface area contributed by atoms with Gasteiger partial charge in [0.1, 0.15) is 12.1 Å². The Labute approximate surface area is 155 Å². The Morgan fingerprint density at radius 2 is 1.89 bits per heavy atom. The van der Waals surface area contributed by atoms with E-state index in [1.165, 1.54) is 6.33 Å². The van der Waals surface area contributed by atoms with Gasteiger partial charge in [-0.2, -0.15) is 0 Å². The maximum atomic E-state index is 11.7. The highest BCUT2D eigenvalue weighted by Crippen LogP contribution is 2.26. The number of nitrogens with one attached hydrogen (secondary N) is 2. The summed E-state index contributed by atoms with van der Waals surface area (Å²) in [5, 5.41) is 15.8. The van der Waals surface area contributed by atoms with E-state index >= 15 is 0 Å². The minimum absolute atomic E-state index is 0.355. The molecule has 1 aromatic heterocycles. The minimum Gasteiger partial charge on any atom is -0.479 e. The number of rotatable bonds is 5. The molecule has 0 radical (unpaired) electrons. The molecule has 3 aromatic rings. The van der Waals surface area contributed by atoms with Crippen molar-refractivity contribution < 1.29 is 14.7 Å². The fourth-order valence-corrected chi connectivity index (χ4v) is 2.60. The molecule has 2 aromatic carbocycles. The Hall–Kier alpha value is -3.92. The van der Waals surface area contributed by atoms with Crippen molar-refractivity contribution in [2.75, 3.05) is 10.6 Å². The maximum absolute atomic E-state index is 11.7. The number of aliphatic carboxylic acids is 1. The highest BCUT2D eigenvalue weighted by atomic mass is 16.4. The number of carboxylic acids is 1. The molecule has 1 heterocycles. The Kier molecular flexibility index (Phi) is 5.28. The molecule has 3 rings (SSSR count). The molecule has 1 atom stereocenters. The quantitative estimate of drug-likeness (QED) is 0.605. The van der Waals surface area contributed by atoms with Crippen molar-refractivity contribution in [2.45, 2.75) is 13.0 Å². The van der Waals surface area contributed by atoms with E-state index in [-0.39, 0.29) is 0 Å². The molecule has 1 unspecified atom stereocenters. The van der Waals surface area contributed by atoms with Gasteiger partial charge in [0.15, 0.2) is 6.04 Å². The van der Waals surface area contributed by atoms with Crippen molar-refractivity contribution in [2.24, 2.45) is 0 Å². The lowest BCUT2D eigenvalue weighted by Gasteiger charge is -2.17. The van der Waals surface area contributed by atoms with Crippen LogP contribution in [-0.2, 0) is 9.59 Å². The van der Waals surface area contributed by atoms with Gasteiger partial charge in [-0.1, -0.05) is 36.3 Å². The molecule has 0 bridgehead atoms. The van der Waals surface area contributed by atoms with Crippen LogP contribution < -0.4 is 10.6 Å². The highest BCUT2D eigenvalue weighted by molar-refractivity contribution is 6.05. The van der Waals surface area contributed by atoms with Crippen molar-refractivity contribution in [1.29, 1.82) is 0 Å². The molecule has 3 N–H and O–H groups in total. The largest absolute Gasteiger partial charge is 0.479 e. The normalized spacial score (nSPS) is 11.1. The first-order chi connectivity index (χ1) is 13.1. The molecule has 7 nitrogen and oxygen atoms in total. The summed E-state index contributed by atoms with van der Waals surface area (Å²) in [6.07, 6.45) is 1.36. The lowest BCUT2D eigenvalue weighted by molar-refractivity contribution is -0.138. The van der Waals surface area contributed by atoms with Crippen molar-refractivity contribution >= 4 is 34.3 Å². The summed E-state index contributed by atoms with van der Waals surface area (Å²) in [6.45, 7) is 1.57. The predicted molar refractivity (Wildman–Crippen MR) is 102 cm³/mol. The van der Waals surface area contributed by atoms with Crippen molar-refractivity contribution in [3.8, 4) is 11.8 Å². The first kappa shape index (κ1) is 17.9. The molecule has 7 heteroatoms. The van der Waals surface area contributed by atoms with Gasteiger partial charge in [-0.25, -0.2) is 14.8 Å². The number of carbonyl (C=O) groups excluding carboxylic acids is 1. The topological polar surface area (TPSA) is 104 Å². The van der Waals surface area contributed by atoms with Crippen LogP contribution >= 0.6 is 0 Å². The Balaban J connectivity index is 1.98. The van der Waals surface area contributed by atoms with Gasteiger partial charge in [0.2, 0.25) is 0 Å². The monoisotopic (exact) mass is 360 g/mol. The summed E-state index contributed by atoms with van der Waals surface area (Å²) in [5.74, 6) is 3.82. The Bertz CT molecular complexity index is 1060. The van der Waals surface area contributed by atoms with E-state index < -0.39 is 17.9 Å². The molecule has 0 saturated carbocycles. The summed E-state index contributed by atoms with van der Waals surface area (Å²) in [7, 11) is 0. The van der Waals surface area contributed by atoms with Crippen molar-refractivity contribution in [3.63, 3.8) is 0 Å². The van der Waals surface area contributed by atoms with Gasteiger partial charge in [0, 0.05) is 11.1 Å². The lowest BCUT2D eigenvalue weighted by Crippen LogP contribution is -2.21. The highest BCUT2D eigenvalue weighted by Gasteiger charge is 2.21. The molecule has 0 fully saturated rings. The SMILES string of the molecule is CC#CC(=O)Nc1ccc2ncnc(NC(C(=O)O)c3ccccc3)c2c1. The van der Waals surface area contributed by atoms with Crippen LogP contribution in [0.4, 0.5) is 11.5 Å². The minimum atomic E-state index is -1.03. The number of carbonyl (C=O) groups is 2. The fourth-order valence-electron chi connectivity index (χ4n) is 2.60. The second kappa shape index (κ2) is 7.97. The third kappa shape index (κ3) is 4.19. The van der Waals surface area contributed by atoms with E-state index in [4.69, 9.17) is 0 Å². The van der Waals surface area contributed by atoms with Gasteiger partial charge in [-0.15, -0.1) is 0 Å². The van der Waals surface area contributed by atoms with Crippen molar-refractivity contribution in [3.05, 3.63) is 60.4 Å². The summed E-state index contributed by atoms with van der Waals surface area (Å²) in [6, 6.07) is 12.9. The van der Waals surface area contributed by atoms with Crippen LogP contribution in [0.25, 0.3) is 10.9 Å². The van der Waals surface area contributed by atoms with Crippen molar-refractivity contribution in [1.82, 2.24) is 9.97 Å². The van der Waals surface area contributed by atoms with E-state index in [9.17, 15) is 14.7 Å². The second-order valence-electron chi connectivity index (χ2n) is 5.61. The number of amides is 1. The van der Waals surface area contributed by atoms with Crippen LogP contribution in [0, 0.1) is 11.8 Å². The van der Waals surface area contributed by atoms with E-state index in [0.29, 0.717) is 28.0 Å². The number of hydrogen-bond acceptors (Lipinski definition) is 5. The number of nitrogens with zero attached hydrogens (tertiary/aromatic N) is 2. The molecule has 27 heavy (non-hydrogen) atoms. The fraction of sp³-hybridized carbons (Fsp3) is 0.100. The van der Waals surface area contributed by atoms with Crippen LogP contribution in [-0.4, -0.2) is 27.0 Å². The summed E-state index contributed by atoms with van der Waals surface area (Å²) >= 11 is 0. The zero-order chi connectivity index (χ0) is 19.2. The molecule has 0 aliphatic carbocycles. The van der Waals surface area contributed by atoms with Crippen LogP contribution in [0.15, 0.2) is 54.9 Å². The van der Waals surface area contributed by atoms with Gasteiger partial charge in [-0.05, 0) is 36.6 Å². The van der Waals surface area contributed by atoms with Gasteiger partial charge < -0.3 is 15.7 Å². The summed E-state index contributed by atoms with van der Waals surface area (Å²) < 4.78 is 0. The van der Waals surface area contributed by atoms with Gasteiger partial charge >= 0.3 is 5.97 Å². The summed E-state index contributed by atoms with van der Waals surface area (Å²) in [5.41, 5.74) is 1.73. The third-order valence-electron chi connectivity index (χ3n) is 3.79. The standard InChI is InChI=1S/C20H16N4O3/c1-2-6-17(25)23-14-9-10-16-15(11-14)19(22-12-21-16)24-18(20(26)27)13-7-4-3-5-8-13/h3-5,7-12,18H,1H3,(H,23,25)(H,26,27)(H,21,22,24). The zero-order valence-electron chi connectivity index (χ0n) is 14.4. The summed E-state index contributed by atoms with van der Waals surface area (Å²) in [4.78, 5) is 31.8. The molecule has 0 aliphatic rings. The maximum Gasteiger partial charge on any atom is 0.330 e. The average molecular weight is 360 g/mol. The Morgan fingerprint density at radius 3 is 2.59 bits per heavy atom. The molecular weight excluding hydrogens is 344 g/mol. The third-order valence-corrected chi connectivity index (χ3v) is 3.79. The Morgan fingerprint density at radius 1 is 1.11 bits per heavy atom. The molecule has 134 valence electrons. The number of aromatic nitrogens is 2. The van der Waals surface area contributed by atoms with Crippen LogP contribution in [0.2, 0.25) is 0 Å². The number of anilines is 2. The smallest absolute Gasteiger partial charge is 0.330 e. The van der Waals surface area contributed by atoms with E-state index in [0.717, 1.165) is 0 Å².